The summed E-state index contributed by atoms with van der Waals surface area (Å²) in [5, 5.41) is 0. The molecule has 0 aliphatic heterocycles. The molecule has 0 bridgehead atoms. The van der Waals surface area contributed by atoms with Gasteiger partial charge in [-0.15, -0.1) is 11.8 Å². The lowest BCUT2D eigenvalue weighted by molar-refractivity contribution is 1.54. The number of thioether (sulfide) groups is 1. The maximum Gasteiger partial charge on any atom is 0.0224 e. The van der Waals surface area contributed by atoms with Crippen molar-refractivity contribution in [2.75, 3.05) is 6.26 Å². The van der Waals surface area contributed by atoms with E-state index in [1.807, 2.05) is 25.3 Å². The van der Waals surface area contributed by atoms with Gasteiger partial charge in [0.2, 0.25) is 0 Å². The van der Waals surface area contributed by atoms with Gasteiger partial charge in [-0.3, -0.25) is 0 Å². The van der Waals surface area contributed by atoms with Crippen molar-refractivity contribution < 1.29 is 0 Å². The average Bonchev–Trinajstić information content (AvgIpc) is 1.90. The molecule has 2 heteroatoms. The highest BCUT2D eigenvalue weighted by Crippen LogP contribution is 2.11. The number of rotatable bonds is 3. The van der Waals surface area contributed by atoms with Crippen molar-refractivity contribution in [1.82, 2.24) is 0 Å². The van der Waals surface area contributed by atoms with Crippen LogP contribution in [0.1, 0.15) is 6.92 Å². The van der Waals surface area contributed by atoms with Crippen molar-refractivity contribution >= 4 is 11.8 Å². The minimum Gasteiger partial charge on any atom is -0.404 e. The fourth-order valence-corrected chi connectivity index (χ4v) is 0.756. The summed E-state index contributed by atoms with van der Waals surface area (Å²) in [4.78, 5) is 1.06. The van der Waals surface area contributed by atoms with Crippen LogP contribution in [0.4, 0.5) is 0 Å². The Morgan fingerprint density at radius 3 is 2.40 bits per heavy atom. The number of nitrogens with two attached hydrogens (primary N) is 1. The Kier molecular flexibility index (Phi) is 4.85. The molecule has 0 atom stereocenters. The van der Waals surface area contributed by atoms with Crippen molar-refractivity contribution in [2.24, 2.45) is 5.73 Å². The van der Waals surface area contributed by atoms with E-state index in [4.69, 9.17) is 5.73 Å². The minimum atomic E-state index is 1.04. The van der Waals surface area contributed by atoms with E-state index >= 15 is 0 Å². The second-order valence-electron chi connectivity index (χ2n) is 1.95. The van der Waals surface area contributed by atoms with Crippen LogP contribution in [0.3, 0.4) is 0 Å². The van der Waals surface area contributed by atoms with Crippen LogP contribution < -0.4 is 5.73 Å². The highest BCUT2D eigenvalue weighted by molar-refractivity contribution is 8.02. The average molecular weight is 155 g/mol. The molecular weight excluding hydrogens is 142 g/mol. The fraction of sp³-hybridized carbons (Fsp3) is 0.250. The third-order valence-corrected chi connectivity index (χ3v) is 1.68. The molecule has 0 saturated heterocycles. The van der Waals surface area contributed by atoms with E-state index in [0.29, 0.717) is 0 Å². The van der Waals surface area contributed by atoms with Crippen LogP contribution >= 0.6 is 11.8 Å². The Balaban J connectivity index is 3.98. The Bertz CT molecular complexity index is 168. The first-order valence-electron chi connectivity index (χ1n) is 3.00. The smallest absolute Gasteiger partial charge is 0.0224 e. The molecule has 0 aromatic rings. The summed E-state index contributed by atoms with van der Waals surface area (Å²) < 4.78 is 0. The van der Waals surface area contributed by atoms with Crippen molar-refractivity contribution in [2.45, 2.75) is 6.92 Å². The van der Waals surface area contributed by atoms with E-state index in [1.165, 1.54) is 0 Å². The summed E-state index contributed by atoms with van der Waals surface area (Å²) in [6.07, 6.45) is 7.47. The zero-order valence-electron chi connectivity index (χ0n) is 6.42. The minimum absolute atomic E-state index is 1.04. The highest BCUT2D eigenvalue weighted by atomic mass is 32.2. The quantitative estimate of drug-likeness (QED) is 0.633. The first kappa shape index (κ1) is 9.37. The lowest BCUT2D eigenvalue weighted by Crippen LogP contribution is -1.80. The van der Waals surface area contributed by atoms with E-state index in [-0.39, 0.29) is 0 Å². The zero-order chi connectivity index (χ0) is 7.98. The van der Waals surface area contributed by atoms with Crippen LogP contribution in [-0.4, -0.2) is 6.26 Å². The zero-order valence-corrected chi connectivity index (χ0v) is 7.24. The van der Waals surface area contributed by atoms with Gasteiger partial charge in [0.25, 0.3) is 0 Å². The fourth-order valence-electron chi connectivity index (χ4n) is 0.416. The second kappa shape index (κ2) is 5.18. The van der Waals surface area contributed by atoms with E-state index in [2.05, 4.69) is 6.58 Å². The lowest BCUT2D eigenvalue weighted by atomic mass is 10.3. The largest absolute Gasteiger partial charge is 0.404 e. The predicted molar refractivity (Wildman–Crippen MR) is 49.7 cm³/mol. The van der Waals surface area contributed by atoms with E-state index < -0.39 is 0 Å². The van der Waals surface area contributed by atoms with Gasteiger partial charge >= 0.3 is 0 Å². The molecule has 2 N–H and O–H groups in total. The molecular formula is C8H13NS. The normalized spacial score (nSPS) is 12.4. The van der Waals surface area contributed by atoms with Gasteiger partial charge in [-0.2, -0.15) is 0 Å². The van der Waals surface area contributed by atoms with Gasteiger partial charge in [0.05, 0.1) is 0 Å². The molecule has 56 valence electrons. The monoisotopic (exact) mass is 155 g/mol. The molecule has 0 aliphatic carbocycles. The molecule has 0 saturated carbocycles. The second-order valence-corrected chi connectivity index (χ2v) is 2.83. The van der Waals surface area contributed by atoms with Gasteiger partial charge in [-0.25, -0.2) is 0 Å². The Hall–Kier alpha value is -0.630. The molecule has 0 heterocycles. The van der Waals surface area contributed by atoms with E-state index in [9.17, 15) is 0 Å². The van der Waals surface area contributed by atoms with Crippen molar-refractivity contribution in [3.63, 3.8) is 0 Å². The molecule has 0 spiro atoms. The Morgan fingerprint density at radius 2 is 2.10 bits per heavy atom. The molecule has 0 unspecified atom stereocenters. The van der Waals surface area contributed by atoms with Gasteiger partial charge in [0.1, 0.15) is 0 Å². The maximum atomic E-state index is 5.31. The standard InChI is InChI=1S/C8H13NS/c1-7(2)4-5-8(6-9)10-3/h4-6H,1,9H2,2-3H3/b5-4-,8-6+. The Labute approximate surface area is 66.7 Å². The van der Waals surface area contributed by atoms with Crippen LogP contribution in [0.2, 0.25) is 0 Å². The summed E-state index contributed by atoms with van der Waals surface area (Å²) in [6.45, 7) is 5.68. The summed E-state index contributed by atoms with van der Waals surface area (Å²) in [6, 6.07) is 0. The summed E-state index contributed by atoms with van der Waals surface area (Å²) in [5.41, 5.74) is 6.34. The summed E-state index contributed by atoms with van der Waals surface area (Å²) >= 11 is 1.62. The first-order chi connectivity index (χ1) is 4.70. The number of hydrogen-bond donors (Lipinski definition) is 1. The highest BCUT2D eigenvalue weighted by Gasteiger charge is 1.83. The molecule has 0 amide bonds. The van der Waals surface area contributed by atoms with Crippen LogP contribution in [-0.2, 0) is 0 Å². The van der Waals surface area contributed by atoms with Crippen molar-refractivity contribution in [3.8, 4) is 0 Å². The Morgan fingerprint density at radius 1 is 1.50 bits per heavy atom. The lowest BCUT2D eigenvalue weighted by Gasteiger charge is -1.92. The number of hydrogen-bond acceptors (Lipinski definition) is 2. The SMILES string of the molecule is C=C(C)/C=C\C(=C/N)SC. The molecule has 0 radical (unpaired) electrons. The van der Waals surface area contributed by atoms with Crippen molar-refractivity contribution in [1.29, 1.82) is 0 Å². The molecule has 0 rings (SSSR count). The van der Waals surface area contributed by atoms with Crippen LogP contribution in [0.5, 0.6) is 0 Å². The van der Waals surface area contributed by atoms with Gasteiger partial charge in [-0.1, -0.05) is 18.2 Å². The maximum absolute atomic E-state index is 5.31. The van der Waals surface area contributed by atoms with Crippen molar-refractivity contribution in [3.05, 3.63) is 35.4 Å². The topological polar surface area (TPSA) is 26.0 Å². The molecule has 0 aliphatic rings. The van der Waals surface area contributed by atoms with Gasteiger partial charge in [-0.05, 0) is 19.3 Å². The van der Waals surface area contributed by atoms with E-state index in [1.54, 1.807) is 18.0 Å². The van der Waals surface area contributed by atoms with Crippen LogP contribution in [0.25, 0.3) is 0 Å². The molecule has 10 heavy (non-hydrogen) atoms. The van der Waals surface area contributed by atoms with Crippen LogP contribution in [0, 0.1) is 0 Å². The van der Waals surface area contributed by atoms with Gasteiger partial charge in [0.15, 0.2) is 0 Å². The summed E-state index contributed by atoms with van der Waals surface area (Å²) in [7, 11) is 0. The van der Waals surface area contributed by atoms with Gasteiger partial charge < -0.3 is 5.73 Å². The van der Waals surface area contributed by atoms with Crippen LogP contribution in [0.15, 0.2) is 35.4 Å². The molecule has 0 aromatic heterocycles. The first-order valence-corrected chi connectivity index (χ1v) is 4.22. The molecule has 0 aromatic carbocycles. The predicted octanol–water partition coefficient (Wildman–Crippen LogP) is 2.28. The summed E-state index contributed by atoms with van der Waals surface area (Å²) in [5.74, 6) is 0. The number of allylic oxidation sites excluding steroid dienone is 3. The molecule has 1 nitrogen and oxygen atoms in total. The molecule has 0 fully saturated rings. The van der Waals surface area contributed by atoms with E-state index in [0.717, 1.165) is 10.5 Å². The van der Waals surface area contributed by atoms with Gasteiger partial charge in [0, 0.05) is 11.1 Å². The third-order valence-electron chi connectivity index (χ3n) is 0.932. The third kappa shape index (κ3) is 4.27.